The van der Waals surface area contributed by atoms with Gasteiger partial charge in [-0.05, 0) is 52.8 Å². The highest BCUT2D eigenvalue weighted by Crippen LogP contribution is 2.29. The molecule has 1 aliphatic heterocycles. The first-order valence-corrected chi connectivity index (χ1v) is 5.12. The Labute approximate surface area is 85.8 Å². The third-order valence-corrected chi connectivity index (χ3v) is 2.51. The van der Waals surface area contributed by atoms with Gasteiger partial charge in [-0.1, -0.05) is 0 Å². The molecule has 0 amide bonds. The highest BCUT2D eigenvalue weighted by Gasteiger charge is 2.37. The Morgan fingerprint density at radius 3 is 2.08 bits per heavy atom. The third kappa shape index (κ3) is 3.18. The first-order chi connectivity index (χ1) is 5.85. The molecule has 1 heterocycles. The number of nitrogens with one attached hydrogen (secondary N) is 1. The maximum absolute atomic E-state index is 4.65. The molecule has 0 aromatic carbocycles. The molecule has 0 bridgehead atoms. The van der Waals surface area contributed by atoms with E-state index in [4.69, 9.17) is 0 Å². The molecular weight excluding hydrogens is 180 g/mol. The van der Waals surface area contributed by atoms with Crippen molar-refractivity contribution in [2.75, 3.05) is 0 Å². The van der Waals surface area contributed by atoms with E-state index in [0.29, 0.717) is 6.04 Å². The van der Waals surface area contributed by atoms with Crippen LogP contribution in [0, 0.1) is 0 Å². The molecule has 0 saturated carbocycles. The quantitative estimate of drug-likeness (QED) is 0.517. The number of hydrogen-bond acceptors (Lipinski definition) is 3. The van der Waals surface area contributed by atoms with E-state index in [2.05, 4.69) is 55.4 Å². The van der Waals surface area contributed by atoms with Crippen molar-refractivity contribution in [2.24, 2.45) is 4.99 Å². The molecule has 74 valence electrons. The van der Waals surface area contributed by atoms with E-state index in [-0.39, 0.29) is 11.1 Å². The second kappa shape index (κ2) is 3.49. The van der Waals surface area contributed by atoms with Crippen LogP contribution in [0.2, 0.25) is 0 Å². The summed E-state index contributed by atoms with van der Waals surface area (Å²) in [7, 11) is 0. The Kier molecular flexibility index (Phi) is 2.91. The Hall–Kier alpha value is -0.240. The summed E-state index contributed by atoms with van der Waals surface area (Å²) in [5.41, 5.74) is 0.310. The zero-order valence-corrected chi connectivity index (χ0v) is 9.66. The lowest BCUT2D eigenvalue weighted by atomic mass is 9.80. The molecule has 0 unspecified atom stereocenters. The number of nitrogens with zero attached hydrogens (tertiary/aromatic N) is 1. The molecule has 1 rings (SSSR count). The maximum atomic E-state index is 4.65. The van der Waals surface area contributed by atoms with Crippen molar-refractivity contribution in [3.8, 4) is 0 Å². The predicted molar refractivity (Wildman–Crippen MR) is 59.3 cm³/mol. The fraction of sp³-hybridized carbons (Fsp3) is 0.900. The van der Waals surface area contributed by atoms with Crippen LogP contribution in [-0.4, -0.2) is 22.3 Å². The van der Waals surface area contributed by atoms with E-state index in [1.165, 1.54) is 0 Å². The standard InChI is InChI=1S/C10H18N2S/c1-9(2)5-8(11-7-13)6-10(3,4)12-9/h8,12H,5-6H2,1-4H3. The number of isothiocyanates is 1. The van der Waals surface area contributed by atoms with Gasteiger partial charge in [0.1, 0.15) is 0 Å². The Morgan fingerprint density at radius 1 is 1.23 bits per heavy atom. The molecule has 1 saturated heterocycles. The molecular formula is C10H18N2S. The lowest BCUT2D eigenvalue weighted by Gasteiger charge is -2.45. The van der Waals surface area contributed by atoms with Gasteiger partial charge >= 0.3 is 0 Å². The fourth-order valence-electron chi connectivity index (χ4n) is 2.43. The average molecular weight is 198 g/mol. The van der Waals surface area contributed by atoms with Crippen LogP contribution < -0.4 is 5.32 Å². The summed E-state index contributed by atoms with van der Waals surface area (Å²) in [4.78, 5) is 4.20. The largest absolute Gasteiger partial charge is 0.307 e. The van der Waals surface area contributed by atoms with E-state index in [0.717, 1.165) is 12.8 Å². The van der Waals surface area contributed by atoms with Crippen molar-refractivity contribution in [1.29, 1.82) is 0 Å². The van der Waals surface area contributed by atoms with Crippen LogP contribution in [0.4, 0.5) is 0 Å². The number of rotatable bonds is 1. The summed E-state index contributed by atoms with van der Waals surface area (Å²) >= 11 is 4.65. The SMILES string of the molecule is CC1(C)CC(N=C=S)CC(C)(C)N1. The monoisotopic (exact) mass is 198 g/mol. The molecule has 0 spiro atoms. The van der Waals surface area contributed by atoms with E-state index >= 15 is 0 Å². The van der Waals surface area contributed by atoms with Crippen LogP contribution in [0.15, 0.2) is 4.99 Å². The highest BCUT2D eigenvalue weighted by atomic mass is 32.1. The maximum Gasteiger partial charge on any atom is 0.0637 e. The van der Waals surface area contributed by atoms with Gasteiger partial charge in [0.25, 0.3) is 0 Å². The average Bonchev–Trinajstić information content (AvgIpc) is 1.78. The van der Waals surface area contributed by atoms with Crippen molar-refractivity contribution in [3.63, 3.8) is 0 Å². The number of aliphatic imine (C=N–C) groups is 1. The molecule has 0 aromatic rings. The van der Waals surface area contributed by atoms with Crippen LogP contribution in [0.3, 0.4) is 0 Å². The summed E-state index contributed by atoms with van der Waals surface area (Å²) in [5.74, 6) is 0. The molecule has 1 aliphatic rings. The Bertz CT molecular complexity index is 223. The zero-order chi connectivity index (χ0) is 10.1. The number of thiocarbonyl (C=S) groups is 1. The van der Waals surface area contributed by atoms with Gasteiger partial charge in [0.15, 0.2) is 0 Å². The fourth-order valence-corrected chi connectivity index (χ4v) is 2.58. The summed E-state index contributed by atoms with van der Waals surface area (Å²) < 4.78 is 0. The molecule has 0 atom stereocenters. The second-order valence-corrected chi connectivity index (χ2v) is 5.36. The van der Waals surface area contributed by atoms with Crippen LogP contribution >= 0.6 is 12.2 Å². The summed E-state index contributed by atoms with van der Waals surface area (Å²) in [6.07, 6.45) is 2.08. The van der Waals surface area contributed by atoms with Gasteiger partial charge in [-0.15, -0.1) is 0 Å². The van der Waals surface area contributed by atoms with E-state index in [1.807, 2.05) is 0 Å². The van der Waals surface area contributed by atoms with Crippen LogP contribution in [0.1, 0.15) is 40.5 Å². The topological polar surface area (TPSA) is 24.4 Å². The first-order valence-electron chi connectivity index (χ1n) is 4.71. The molecule has 1 fully saturated rings. The van der Waals surface area contributed by atoms with Crippen molar-refractivity contribution in [3.05, 3.63) is 0 Å². The van der Waals surface area contributed by atoms with Crippen LogP contribution in [-0.2, 0) is 0 Å². The summed E-state index contributed by atoms with van der Waals surface area (Å²) in [6, 6.07) is 0.337. The van der Waals surface area contributed by atoms with Gasteiger partial charge < -0.3 is 5.32 Å². The van der Waals surface area contributed by atoms with Crippen molar-refractivity contribution in [1.82, 2.24) is 5.32 Å². The van der Waals surface area contributed by atoms with Gasteiger partial charge in [-0.2, -0.15) is 0 Å². The molecule has 0 radical (unpaired) electrons. The minimum absolute atomic E-state index is 0.155. The zero-order valence-electron chi connectivity index (χ0n) is 8.85. The smallest absolute Gasteiger partial charge is 0.0637 e. The van der Waals surface area contributed by atoms with Gasteiger partial charge in [0, 0.05) is 11.1 Å². The lowest BCUT2D eigenvalue weighted by Crippen LogP contribution is -2.58. The van der Waals surface area contributed by atoms with Crippen molar-refractivity contribution in [2.45, 2.75) is 57.7 Å². The molecule has 3 heteroatoms. The van der Waals surface area contributed by atoms with Gasteiger partial charge in [-0.3, -0.25) is 0 Å². The second-order valence-electron chi connectivity index (χ2n) is 5.18. The molecule has 2 nitrogen and oxygen atoms in total. The minimum atomic E-state index is 0.155. The normalized spacial score (nSPS) is 26.5. The Morgan fingerprint density at radius 2 is 1.69 bits per heavy atom. The molecule has 0 aromatic heterocycles. The van der Waals surface area contributed by atoms with Crippen LogP contribution in [0.5, 0.6) is 0 Å². The highest BCUT2D eigenvalue weighted by molar-refractivity contribution is 7.78. The molecule has 1 N–H and O–H groups in total. The Balaban J connectivity index is 2.77. The van der Waals surface area contributed by atoms with Gasteiger partial charge in [0.2, 0.25) is 0 Å². The predicted octanol–water partition coefficient (Wildman–Crippen LogP) is 2.40. The number of hydrogen-bond donors (Lipinski definition) is 1. The van der Waals surface area contributed by atoms with Crippen molar-refractivity contribution >= 4 is 17.4 Å². The van der Waals surface area contributed by atoms with Crippen LogP contribution in [0.25, 0.3) is 0 Å². The first kappa shape index (κ1) is 10.8. The number of piperidine rings is 1. The molecule has 0 aliphatic carbocycles. The third-order valence-electron chi connectivity index (χ3n) is 2.40. The van der Waals surface area contributed by atoms with E-state index in [9.17, 15) is 0 Å². The summed E-state index contributed by atoms with van der Waals surface area (Å²) in [6.45, 7) is 8.83. The summed E-state index contributed by atoms with van der Waals surface area (Å²) in [5, 5.41) is 6.09. The lowest BCUT2D eigenvalue weighted by molar-refractivity contribution is 0.165. The van der Waals surface area contributed by atoms with Crippen molar-refractivity contribution < 1.29 is 0 Å². The molecule has 13 heavy (non-hydrogen) atoms. The van der Waals surface area contributed by atoms with E-state index in [1.54, 1.807) is 0 Å². The van der Waals surface area contributed by atoms with E-state index < -0.39 is 0 Å². The van der Waals surface area contributed by atoms with Gasteiger partial charge in [-0.25, -0.2) is 4.99 Å². The minimum Gasteiger partial charge on any atom is -0.307 e. The van der Waals surface area contributed by atoms with Gasteiger partial charge in [0.05, 0.1) is 11.2 Å².